The molecule has 0 saturated carbocycles. The first-order chi connectivity index (χ1) is 27.8. The quantitative estimate of drug-likeness (QED) is 0.182. The Balaban J connectivity index is 0.000000287. The molecule has 14 heteroatoms. The van der Waals surface area contributed by atoms with Crippen molar-refractivity contribution in [1.29, 1.82) is 0 Å². The number of carboxylic acid groups (broad SMARTS) is 6. The van der Waals surface area contributed by atoms with Crippen molar-refractivity contribution >= 4 is 80.9 Å². The zero-order valence-electron chi connectivity index (χ0n) is 30.8. The van der Waals surface area contributed by atoms with E-state index in [4.69, 9.17) is 0 Å². The van der Waals surface area contributed by atoms with Crippen molar-refractivity contribution in [2.24, 2.45) is 0 Å². The Kier molecular flexibility index (Phi) is 20.1. The first-order valence-corrected chi connectivity index (χ1v) is 22.4. The van der Waals surface area contributed by atoms with Gasteiger partial charge in [0.15, 0.2) is 0 Å². The number of benzene rings is 6. The van der Waals surface area contributed by atoms with E-state index in [9.17, 15) is 59.4 Å². The average Bonchev–Trinajstić information content (AvgIpc) is 3.25. The Morgan fingerprint density at radius 3 is 0.466 bits per heavy atom. The molecule has 0 amide bonds. The van der Waals surface area contributed by atoms with Crippen molar-refractivity contribution < 1.29 is 59.4 Å². The zero-order valence-corrected chi connectivity index (χ0v) is 36.5. The molecule has 0 spiro atoms. The summed E-state index contributed by atoms with van der Waals surface area (Å²) in [7, 11) is 0. The van der Waals surface area contributed by atoms with Crippen LogP contribution < -0.4 is 30.6 Å². The van der Waals surface area contributed by atoms with Crippen LogP contribution in [0.1, 0.15) is 62.1 Å². The molecule has 0 fully saturated rings. The van der Waals surface area contributed by atoms with Gasteiger partial charge in [0.2, 0.25) is 0 Å². The van der Waals surface area contributed by atoms with Crippen molar-refractivity contribution in [3.63, 3.8) is 0 Å². The molecule has 6 aromatic rings. The third-order valence-electron chi connectivity index (χ3n) is 7.75. The second-order valence-electron chi connectivity index (χ2n) is 11.0. The van der Waals surface area contributed by atoms with Crippen LogP contribution in [0.25, 0.3) is 33.4 Å². The summed E-state index contributed by atoms with van der Waals surface area (Å²) in [5, 5.41) is 66.0. The number of carbonyl (C=O) groups excluding carboxylic acids is 6. The van der Waals surface area contributed by atoms with Gasteiger partial charge in [0.05, 0.1) is 35.8 Å². The Morgan fingerprint density at radius 2 is 0.362 bits per heavy atom. The van der Waals surface area contributed by atoms with E-state index >= 15 is 0 Å². The molecular weight excluding hydrogens is 958 g/mol. The van der Waals surface area contributed by atoms with E-state index in [1.807, 2.05) is 0 Å². The summed E-state index contributed by atoms with van der Waals surface area (Å²) >= 11 is 3.10. The van der Waals surface area contributed by atoms with Crippen LogP contribution in [0.3, 0.4) is 0 Å². The van der Waals surface area contributed by atoms with Crippen LogP contribution in [0, 0.1) is 0 Å². The molecule has 0 heterocycles. The van der Waals surface area contributed by atoms with Gasteiger partial charge in [-0.1, -0.05) is 146 Å². The van der Waals surface area contributed by atoms with Crippen LogP contribution in [0.4, 0.5) is 0 Å². The molecule has 0 aliphatic rings. The second kappa shape index (κ2) is 24.4. The maximum absolute atomic E-state index is 11.0. The minimum atomic E-state index is -1.35. The van der Waals surface area contributed by atoms with Gasteiger partial charge >= 0.3 is 54.9 Å². The number of hydrogen-bond donors (Lipinski definition) is 0. The fourth-order valence-corrected chi connectivity index (χ4v) is 5.38. The Hall–Kier alpha value is -6.26. The summed E-state index contributed by atoms with van der Waals surface area (Å²) in [5.74, 6) is -8.09. The van der Waals surface area contributed by atoms with Crippen LogP contribution in [0.5, 0.6) is 0 Å². The molecule has 0 aromatic heterocycles. The first-order valence-electron chi connectivity index (χ1n) is 16.7. The molecular formula is C44H30O12Sn2. The van der Waals surface area contributed by atoms with Crippen molar-refractivity contribution in [2.75, 3.05) is 0 Å². The van der Waals surface area contributed by atoms with E-state index in [0.29, 0.717) is 33.4 Å². The second-order valence-corrected chi connectivity index (χ2v) is 11.0. The van der Waals surface area contributed by atoms with Crippen molar-refractivity contribution in [1.82, 2.24) is 0 Å². The van der Waals surface area contributed by atoms with Crippen molar-refractivity contribution in [3.8, 4) is 33.4 Å². The molecule has 286 valence electrons. The van der Waals surface area contributed by atoms with Gasteiger partial charge in [0, 0.05) is 33.4 Å². The molecule has 0 unspecified atom stereocenters. The van der Waals surface area contributed by atoms with Gasteiger partial charge in [-0.15, -0.1) is 0 Å². The third-order valence-corrected chi connectivity index (χ3v) is 7.75. The van der Waals surface area contributed by atoms with Crippen LogP contribution in [0.15, 0.2) is 146 Å². The van der Waals surface area contributed by atoms with Gasteiger partial charge in [-0.3, -0.25) is 0 Å². The predicted octanol–water partition coefficient (Wildman–Crippen LogP) is 0.648. The first kappa shape index (κ1) is 47.9. The standard InChI is InChI=1S/3C14H10O4.2CH3.2Sn/c3*15-13(16)11-7-3-1-5-9(11)10-6-2-4-8-12(10)14(17)18;;;;/h3*1-8H,(H,15,16)(H,17,18);2*1H3;;/q;;;;;2*+3/p-6. The third kappa shape index (κ3) is 12.9. The van der Waals surface area contributed by atoms with E-state index in [1.54, 1.807) is 118 Å². The molecule has 0 radical (unpaired) electrons. The number of rotatable bonds is 9. The number of carbonyl (C=O) groups is 6. The molecule has 12 nitrogen and oxygen atoms in total. The monoisotopic (exact) mass is 990 g/mol. The van der Waals surface area contributed by atoms with Gasteiger partial charge in [0.1, 0.15) is 0 Å². The zero-order chi connectivity index (χ0) is 43.4. The number of aromatic carboxylic acids is 6. The summed E-state index contributed by atoms with van der Waals surface area (Å²) in [4.78, 5) is 70.2. The minimum absolute atomic E-state index is 0.0498. The van der Waals surface area contributed by atoms with Crippen molar-refractivity contribution in [2.45, 2.75) is 9.88 Å². The summed E-state index contributed by atoms with van der Waals surface area (Å²) in [6.07, 6.45) is 0. The van der Waals surface area contributed by atoms with Crippen LogP contribution in [0.2, 0.25) is 9.88 Å². The molecule has 0 aliphatic carbocycles. The van der Waals surface area contributed by atoms with Crippen LogP contribution in [-0.4, -0.2) is 80.9 Å². The average molecular weight is 988 g/mol. The van der Waals surface area contributed by atoms with E-state index in [0.717, 1.165) is 0 Å². The Labute approximate surface area is 360 Å². The molecule has 6 rings (SSSR count). The molecule has 0 saturated heterocycles. The van der Waals surface area contributed by atoms with Crippen molar-refractivity contribution in [3.05, 3.63) is 179 Å². The van der Waals surface area contributed by atoms with E-state index in [-0.39, 0.29) is 33.4 Å². The number of carboxylic acids is 6. The van der Waals surface area contributed by atoms with E-state index in [2.05, 4.69) is 9.88 Å². The Morgan fingerprint density at radius 1 is 0.259 bits per heavy atom. The van der Waals surface area contributed by atoms with Gasteiger partial charge in [-0.2, -0.15) is 0 Å². The maximum atomic E-state index is 11.0. The fraction of sp³-hybridized carbons (Fsp3) is 0.0455. The SMILES string of the molecule is O=C([O-])c1ccccc1-c1ccccc1C(=O)[O-].O=C([O-])c1ccccc1-c1ccccc1C(=O)[O-].O=C([O-])c1ccccc1-c1ccccc1C(=O)[O-].[CH3][Sn+3].[CH3][Sn+3]. The summed E-state index contributed by atoms with van der Waals surface area (Å²) < 4.78 is 0. The van der Waals surface area contributed by atoms with E-state index < -0.39 is 35.8 Å². The molecule has 0 N–H and O–H groups in total. The molecule has 0 aliphatic heterocycles. The summed E-state index contributed by atoms with van der Waals surface area (Å²) in [5.41, 5.74) is 1.52. The summed E-state index contributed by atoms with van der Waals surface area (Å²) in [6, 6.07) is 36.5. The predicted molar refractivity (Wildman–Crippen MR) is 205 cm³/mol. The van der Waals surface area contributed by atoms with E-state index in [1.165, 1.54) is 72.8 Å². The number of hydrogen-bond acceptors (Lipinski definition) is 12. The van der Waals surface area contributed by atoms with Gasteiger partial charge in [-0.05, 0) is 33.4 Å². The van der Waals surface area contributed by atoms with Crippen LogP contribution >= 0.6 is 0 Å². The van der Waals surface area contributed by atoms with Gasteiger partial charge in [-0.25, -0.2) is 0 Å². The molecule has 0 atom stereocenters. The van der Waals surface area contributed by atoms with Gasteiger partial charge in [0.25, 0.3) is 0 Å². The molecule has 0 bridgehead atoms. The summed E-state index contributed by atoms with van der Waals surface area (Å²) in [6.45, 7) is 0. The Bertz CT molecular complexity index is 1960. The molecule has 58 heavy (non-hydrogen) atoms. The topological polar surface area (TPSA) is 241 Å². The van der Waals surface area contributed by atoms with Gasteiger partial charge < -0.3 is 59.4 Å². The molecule has 6 aromatic carbocycles. The fourth-order valence-electron chi connectivity index (χ4n) is 5.38. The normalized spacial score (nSPS) is 9.55. The van der Waals surface area contributed by atoms with Crippen LogP contribution in [-0.2, 0) is 0 Å².